The average molecular weight is 400 g/mol. The summed E-state index contributed by atoms with van der Waals surface area (Å²) in [7, 11) is -3.61. The van der Waals surface area contributed by atoms with Crippen LogP contribution in [-0.4, -0.2) is 34.1 Å². The number of rotatable bonds is 6. The van der Waals surface area contributed by atoms with Crippen molar-refractivity contribution in [2.45, 2.75) is 49.5 Å². The van der Waals surface area contributed by atoms with Crippen LogP contribution >= 0.6 is 0 Å². The minimum Gasteiger partial charge on any atom is -0.371 e. The maximum atomic E-state index is 11.3. The number of primary sulfonamides is 1. The Hall–Kier alpha value is -1.89. The van der Waals surface area contributed by atoms with E-state index in [1.165, 1.54) is 30.5 Å². The van der Waals surface area contributed by atoms with E-state index < -0.39 is 10.0 Å². The first-order chi connectivity index (χ1) is 13.5. The molecule has 5 nitrogen and oxygen atoms in total. The smallest absolute Gasteiger partial charge is 0.238 e. The van der Waals surface area contributed by atoms with Crippen LogP contribution in [0.15, 0.2) is 47.4 Å². The van der Waals surface area contributed by atoms with E-state index in [-0.39, 0.29) is 4.90 Å². The van der Waals surface area contributed by atoms with E-state index in [0.717, 1.165) is 44.5 Å². The van der Waals surface area contributed by atoms with Crippen molar-refractivity contribution in [1.29, 1.82) is 0 Å². The van der Waals surface area contributed by atoms with Crippen LogP contribution in [0.4, 0.5) is 5.69 Å². The van der Waals surface area contributed by atoms with E-state index in [1.807, 2.05) is 12.1 Å². The zero-order chi connectivity index (χ0) is 19.6. The van der Waals surface area contributed by atoms with E-state index in [9.17, 15) is 8.42 Å². The molecule has 0 radical (unpaired) electrons. The first kappa shape index (κ1) is 19.4. The second kappa shape index (κ2) is 8.23. The summed E-state index contributed by atoms with van der Waals surface area (Å²) >= 11 is 0. The molecule has 3 N–H and O–H groups in total. The van der Waals surface area contributed by atoms with Crippen molar-refractivity contribution >= 4 is 15.7 Å². The molecule has 1 heterocycles. The van der Waals surface area contributed by atoms with E-state index in [1.54, 1.807) is 17.7 Å². The van der Waals surface area contributed by atoms with Crippen LogP contribution in [0.5, 0.6) is 0 Å². The molecule has 0 bridgehead atoms. The predicted molar refractivity (Wildman–Crippen MR) is 113 cm³/mol. The summed E-state index contributed by atoms with van der Waals surface area (Å²) in [6, 6.07) is 14.4. The van der Waals surface area contributed by atoms with Gasteiger partial charge in [-0.05, 0) is 86.0 Å². The molecule has 1 aliphatic carbocycles. The summed E-state index contributed by atoms with van der Waals surface area (Å²) in [5, 5.41) is 8.80. The van der Waals surface area contributed by atoms with E-state index >= 15 is 0 Å². The Morgan fingerprint density at radius 2 is 1.71 bits per heavy atom. The number of benzene rings is 2. The molecular formula is C22H29N3O2S. The lowest BCUT2D eigenvalue weighted by Gasteiger charge is -2.34. The SMILES string of the molecule is NS(=O)(=O)c1ccc(CCNC2CCN(c3ccc4c(c3)CCC4)CC2)cc1. The topological polar surface area (TPSA) is 75.4 Å². The third kappa shape index (κ3) is 4.57. The van der Waals surface area contributed by atoms with Crippen molar-refractivity contribution in [3.05, 3.63) is 59.2 Å². The van der Waals surface area contributed by atoms with Crippen molar-refractivity contribution in [3.63, 3.8) is 0 Å². The first-order valence-corrected chi connectivity index (χ1v) is 11.8. The van der Waals surface area contributed by atoms with Gasteiger partial charge in [0.05, 0.1) is 4.90 Å². The molecule has 0 aromatic heterocycles. The number of nitrogens with one attached hydrogen (secondary N) is 1. The van der Waals surface area contributed by atoms with Gasteiger partial charge >= 0.3 is 0 Å². The lowest BCUT2D eigenvalue weighted by Crippen LogP contribution is -2.43. The van der Waals surface area contributed by atoms with Crippen molar-refractivity contribution in [3.8, 4) is 0 Å². The highest BCUT2D eigenvalue weighted by Gasteiger charge is 2.20. The molecular weight excluding hydrogens is 370 g/mol. The van der Waals surface area contributed by atoms with Crippen molar-refractivity contribution in [1.82, 2.24) is 5.32 Å². The monoisotopic (exact) mass is 399 g/mol. The highest BCUT2D eigenvalue weighted by atomic mass is 32.2. The number of nitrogens with zero attached hydrogens (tertiary/aromatic N) is 1. The Labute approximate surface area is 168 Å². The summed E-state index contributed by atoms with van der Waals surface area (Å²) in [5.41, 5.74) is 5.59. The average Bonchev–Trinajstić information content (AvgIpc) is 3.16. The fourth-order valence-electron chi connectivity index (χ4n) is 4.36. The van der Waals surface area contributed by atoms with E-state index in [2.05, 4.69) is 28.4 Å². The molecule has 1 aliphatic heterocycles. The summed E-state index contributed by atoms with van der Waals surface area (Å²) in [6.07, 6.45) is 6.97. The van der Waals surface area contributed by atoms with Gasteiger partial charge in [-0.25, -0.2) is 13.6 Å². The third-order valence-corrected chi connectivity index (χ3v) is 6.97. The molecule has 0 spiro atoms. The molecule has 4 rings (SSSR count). The number of sulfonamides is 1. The van der Waals surface area contributed by atoms with Crippen LogP contribution in [0.25, 0.3) is 0 Å². The summed E-state index contributed by atoms with van der Waals surface area (Å²) in [6.45, 7) is 3.09. The summed E-state index contributed by atoms with van der Waals surface area (Å²) in [5.74, 6) is 0. The lowest BCUT2D eigenvalue weighted by molar-refractivity contribution is 0.417. The van der Waals surface area contributed by atoms with E-state index in [4.69, 9.17) is 5.14 Å². The Bertz CT molecular complexity index is 917. The molecule has 2 aromatic carbocycles. The van der Waals surface area contributed by atoms with Crippen LogP contribution in [-0.2, 0) is 29.3 Å². The highest BCUT2D eigenvalue weighted by Crippen LogP contribution is 2.28. The number of hydrogen-bond donors (Lipinski definition) is 2. The number of piperidine rings is 1. The maximum absolute atomic E-state index is 11.3. The third-order valence-electron chi connectivity index (χ3n) is 6.04. The number of fused-ring (bicyclic) bond motifs is 1. The van der Waals surface area contributed by atoms with E-state index in [0.29, 0.717) is 6.04 Å². The van der Waals surface area contributed by atoms with Crippen LogP contribution in [0, 0.1) is 0 Å². The largest absolute Gasteiger partial charge is 0.371 e. The van der Waals surface area contributed by atoms with Gasteiger partial charge in [0.15, 0.2) is 0 Å². The molecule has 6 heteroatoms. The van der Waals surface area contributed by atoms with Gasteiger partial charge in [-0.3, -0.25) is 0 Å². The highest BCUT2D eigenvalue weighted by molar-refractivity contribution is 7.89. The molecule has 0 saturated carbocycles. The van der Waals surface area contributed by atoms with Crippen molar-refractivity contribution in [2.24, 2.45) is 5.14 Å². The Morgan fingerprint density at radius 1 is 1.00 bits per heavy atom. The van der Waals surface area contributed by atoms with Gasteiger partial charge in [0, 0.05) is 24.8 Å². The summed E-state index contributed by atoms with van der Waals surface area (Å²) in [4.78, 5) is 2.69. The lowest BCUT2D eigenvalue weighted by atomic mass is 10.0. The van der Waals surface area contributed by atoms with Gasteiger partial charge in [0.25, 0.3) is 0 Å². The predicted octanol–water partition coefficient (Wildman–Crippen LogP) is 2.62. The number of anilines is 1. The van der Waals surface area contributed by atoms with Gasteiger partial charge < -0.3 is 10.2 Å². The van der Waals surface area contributed by atoms with Crippen LogP contribution in [0.2, 0.25) is 0 Å². The number of hydrogen-bond acceptors (Lipinski definition) is 4. The van der Waals surface area contributed by atoms with Gasteiger partial charge in [0.2, 0.25) is 10.0 Å². The minimum absolute atomic E-state index is 0.170. The van der Waals surface area contributed by atoms with Crippen LogP contribution in [0.3, 0.4) is 0 Å². The normalized spacial score (nSPS) is 17.7. The number of nitrogens with two attached hydrogens (primary N) is 1. The van der Waals surface area contributed by atoms with Gasteiger partial charge in [-0.1, -0.05) is 18.2 Å². The van der Waals surface area contributed by atoms with Gasteiger partial charge in [0.1, 0.15) is 0 Å². The van der Waals surface area contributed by atoms with Crippen molar-refractivity contribution < 1.29 is 8.42 Å². The molecule has 150 valence electrons. The molecule has 0 amide bonds. The Morgan fingerprint density at radius 3 is 2.43 bits per heavy atom. The molecule has 1 saturated heterocycles. The summed E-state index contributed by atoms with van der Waals surface area (Å²) < 4.78 is 22.6. The second-order valence-electron chi connectivity index (χ2n) is 7.96. The Balaban J connectivity index is 1.23. The zero-order valence-electron chi connectivity index (χ0n) is 16.2. The fourth-order valence-corrected chi connectivity index (χ4v) is 4.88. The molecule has 0 unspecified atom stereocenters. The van der Waals surface area contributed by atoms with Gasteiger partial charge in [-0.2, -0.15) is 0 Å². The molecule has 0 atom stereocenters. The minimum atomic E-state index is -3.61. The van der Waals surface area contributed by atoms with Crippen LogP contribution < -0.4 is 15.4 Å². The van der Waals surface area contributed by atoms with Gasteiger partial charge in [-0.15, -0.1) is 0 Å². The number of aryl methyl sites for hydroxylation is 2. The molecule has 1 fully saturated rings. The molecule has 28 heavy (non-hydrogen) atoms. The molecule has 2 aromatic rings. The Kier molecular flexibility index (Phi) is 5.71. The van der Waals surface area contributed by atoms with Crippen molar-refractivity contribution in [2.75, 3.05) is 24.5 Å². The standard InChI is InChI=1S/C22H29N3O2S/c23-28(26,27)22-8-4-17(5-9-22)10-13-24-20-11-14-25(15-12-20)21-7-6-18-2-1-3-19(18)16-21/h4-9,16,20,24H,1-3,10-15H2,(H2,23,26,27). The fraction of sp³-hybridized carbons (Fsp3) is 0.455. The molecule has 2 aliphatic rings. The quantitative estimate of drug-likeness (QED) is 0.783. The second-order valence-corrected chi connectivity index (χ2v) is 9.52. The van der Waals surface area contributed by atoms with Crippen LogP contribution in [0.1, 0.15) is 36.0 Å². The first-order valence-electron chi connectivity index (χ1n) is 10.2. The zero-order valence-corrected chi connectivity index (χ0v) is 17.0. The maximum Gasteiger partial charge on any atom is 0.238 e.